The van der Waals surface area contributed by atoms with Crippen LogP contribution in [0.2, 0.25) is 0 Å². The first-order valence-corrected chi connectivity index (χ1v) is 14.7. The highest BCUT2D eigenvalue weighted by molar-refractivity contribution is 9.10. The van der Waals surface area contributed by atoms with Gasteiger partial charge in [-0.2, -0.15) is 0 Å². The fourth-order valence-electron chi connectivity index (χ4n) is 7.59. The Morgan fingerprint density at radius 3 is 1.93 bits per heavy atom. The average molecular weight is 627 g/mol. The SMILES string of the molecule is COc1cc(Br)cc([C@H]2C3=CC[C@@H]4C(=O)N(c5ccccc5)C(=O)[C@@H]4[C@@H]3C[C@H]3C(=O)N(c4ccccc4)C(=O)[C@@H]23)c1O. The maximum absolute atomic E-state index is 14.2. The van der Waals surface area contributed by atoms with E-state index >= 15 is 0 Å². The van der Waals surface area contributed by atoms with Crippen molar-refractivity contribution < 1.29 is 29.0 Å². The lowest BCUT2D eigenvalue weighted by Crippen LogP contribution is -2.43. The molecule has 2 heterocycles. The van der Waals surface area contributed by atoms with Gasteiger partial charge in [-0.3, -0.25) is 29.0 Å². The molecule has 3 aromatic rings. The van der Waals surface area contributed by atoms with Crippen molar-refractivity contribution in [2.45, 2.75) is 18.8 Å². The van der Waals surface area contributed by atoms with Crippen LogP contribution in [0.15, 0.2) is 88.9 Å². The summed E-state index contributed by atoms with van der Waals surface area (Å²) < 4.78 is 6.08. The number of fused-ring (bicyclic) bond motifs is 4. The van der Waals surface area contributed by atoms with Gasteiger partial charge in [0.25, 0.3) is 0 Å². The highest BCUT2D eigenvalue weighted by Crippen LogP contribution is 2.60. The quantitative estimate of drug-likeness (QED) is 0.315. The van der Waals surface area contributed by atoms with Crippen LogP contribution in [0.5, 0.6) is 11.5 Å². The fourth-order valence-corrected chi connectivity index (χ4v) is 8.04. The van der Waals surface area contributed by atoms with Gasteiger partial charge in [0, 0.05) is 16.0 Å². The zero-order valence-corrected chi connectivity index (χ0v) is 24.2. The number of nitrogens with zero attached hydrogens (tertiary/aromatic N) is 2. The summed E-state index contributed by atoms with van der Waals surface area (Å²) in [7, 11) is 1.45. The van der Waals surface area contributed by atoms with Gasteiger partial charge < -0.3 is 9.84 Å². The zero-order chi connectivity index (χ0) is 29.3. The summed E-state index contributed by atoms with van der Waals surface area (Å²) in [6.07, 6.45) is 2.55. The van der Waals surface area contributed by atoms with E-state index in [0.29, 0.717) is 27.8 Å². The monoisotopic (exact) mass is 626 g/mol. The van der Waals surface area contributed by atoms with Crippen LogP contribution in [-0.2, 0) is 19.2 Å². The number of phenols is 1. The van der Waals surface area contributed by atoms with Crippen LogP contribution in [0.25, 0.3) is 0 Å². The van der Waals surface area contributed by atoms with Crippen molar-refractivity contribution >= 4 is 50.9 Å². The summed E-state index contributed by atoms with van der Waals surface area (Å²) in [4.78, 5) is 58.4. The molecule has 9 heteroatoms. The number of anilines is 2. The Bertz CT molecular complexity index is 1670. The first kappa shape index (κ1) is 26.6. The molecule has 2 aliphatic carbocycles. The number of rotatable bonds is 4. The lowest BCUT2D eigenvalue weighted by Gasteiger charge is -2.44. The molecule has 0 aromatic heterocycles. The van der Waals surface area contributed by atoms with Gasteiger partial charge in [-0.15, -0.1) is 0 Å². The van der Waals surface area contributed by atoms with Gasteiger partial charge in [0.2, 0.25) is 23.6 Å². The van der Waals surface area contributed by atoms with Gasteiger partial charge in [-0.05, 0) is 55.2 Å². The number of carbonyl (C=O) groups excluding carboxylic acids is 4. The highest BCUT2D eigenvalue weighted by Gasteiger charge is 2.62. The molecule has 2 saturated heterocycles. The summed E-state index contributed by atoms with van der Waals surface area (Å²) in [5, 5.41) is 11.4. The molecule has 6 atom stereocenters. The summed E-state index contributed by atoms with van der Waals surface area (Å²) >= 11 is 3.51. The van der Waals surface area contributed by atoms with Crippen molar-refractivity contribution in [1.29, 1.82) is 0 Å². The molecule has 3 fully saturated rings. The van der Waals surface area contributed by atoms with Crippen LogP contribution >= 0.6 is 15.9 Å². The second kappa shape index (κ2) is 9.94. The van der Waals surface area contributed by atoms with E-state index in [-0.39, 0.29) is 41.5 Å². The molecule has 8 nitrogen and oxygen atoms in total. The molecule has 1 saturated carbocycles. The molecule has 0 bridgehead atoms. The van der Waals surface area contributed by atoms with Crippen LogP contribution in [0.1, 0.15) is 24.3 Å². The van der Waals surface area contributed by atoms with Crippen molar-refractivity contribution in [2.75, 3.05) is 16.9 Å². The van der Waals surface area contributed by atoms with E-state index in [1.165, 1.54) is 16.9 Å². The summed E-state index contributed by atoms with van der Waals surface area (Å²) in [5.41, 5.74) is 2.25. The van der Waals surface area contributed by atoms with E-state index in [2.05, 4.69) is 15.9 Å². The Hall–Kier alpha value is -4.24. The standard InChI is InChI=1S/C33H27BrN2O6/c1-42-25-15-17(34)14-23(29(25)37)26-20-12-13-21-27(32(40)35(30(21)38)18-8-4-2-5-9-18)22(20)16-24-28(26)33(41)36(31(24)39)19-10-6-3-7-11-19/h2-12,14-15,21-22,24,26-28,37H,13,16H2,1H3/t21-,22+,24+,26+,27-,28+/m0/s1. The number of methoxy groups -OCH3 is 1. The smallest absolute Gasteiger partial charge is 0.238 e. The molecule has 4 aliphatic rings. The minimum atomic E-state index is -0.793. The maximum atomic E-state index is 14.2. The molecule has 0 unspecified atom stereocenters. The van der Waals surface area contributed by atoms with Crippen molar-refractivity contribution in [2.24, 2.45) is 29.6 Å². The maximum Gasteiger partial charge on any atom is 0.238 e. The number of ether oxygens (including phenoxy) is 1. The largest absolute Gasteiger partial charge is 0.504 e. The lowest BCUT2D eigenvalue weighted by atomic mass is 9.57. The second-order valence-electron chi connectivity index (χ2n) is 11.3. The number of carbonyl (C=O) groups is 4. The third-order valence-corrected chi connectivity index (χ3v) is 9.76. The van der Waals surface area contributed by atoms with Crippen LogP contribution in [0, 0.1) is 29.6 Å². The predicted octanol–water partition coefficient (Wildman–Crippen LogP) is 5.21. The summed E-state index contributed by atoms with van der Waals surface area (Å²) in [6.45, 7) is 0. The Labute approximate surface area is 250 Å². The topological polar surface area (TPSA) is 104 Å². The zero-order valence-electron chi connectivity index (χ0n) is 22.6. The Kier molecular flexibility index (Phi) is 6.31. The minimum Gasteiger partial charge on any atom is -0.504 e. The third-order valence-electron chi connectivity index (χ3n) is 9.30. The normalized spacial score (nSPS) is 28.4. The highest BCUT2D eigenvalue weighted by atomic mass is 79.9. The number of aromatic hydroxyl groups is 1. The van der Waals surface area contributed by atoms with Gasteiger partial charge in [0.05, 0.1) is 42.2 Å². The first-order valence-electron chi connectivity index (χ1n) is 13.9. The molecule has 2 aliphatic heterocycles. The number of phenolic OH excluding ortho intramolecular Hbond substituents is 1. The number of hydrogen-bond acceptors (Lipinski definition) is 6. The number of hydrogen-bond donors (Lipinski definition) is 1. The fraction of sp³-hybridized carbons (Fsp3) is 0.273. The van der Waals surface area contributed by atoms with E-state index in [9.17, 15) is 24.3 Å². The Balaban J connectivity index is 1.38. The van der Waals surface area contributed by atoms with Crippen molar-refractivity contribution in [3.05, 3.63) is 94.5 Å². The third kappa shape index (κ3) is 3.79. The van der Waals surface area contributed by atoms with Gasteiger partial charge >= 0.3 is 0 Å². The van der Waals surface area contributed by atoms with Gasteiger partial charge in [-0.1, -0.05) is 64.0 Å². The molecular formula is C33H27BrN2O6. The van der Waals surface area contributed by atoms with Gasteiger partial charge in [0.1, 0.15) is 0 Å². The summed E-state index contributed by atoms with van der Waals surface area (Å²) in [6, 6.07) is 21.1. The van der Waals surface area contributed by atoms with Crippen molar-refractivity contribution in [3.63, 3.8) is 0 Å². The van der Waals surface area contributed by atoms with Crippen molar-refractivity contribution in [1.82, 2.24) is 0 Å². The second-order valence-corrected chi connectivity index (χ2v) is 12.2. The van der Waals surface area contributed by atoms with E-state index < -0.39 is 35.5 Å². The van der Waals surface area contributed by atoms with Gasteiger partial charge in [-0.25, -0.2) is 0 Å². The van der Waals surface area contributed by atoms with E-state index in [0.717, 1.165) is 5.57 Å². The van der Waals surface area contributed by atoms with Crippen LogP contribution in [0.4, 0.5) is 11.4 Å². The first-order chi connectivity index (χ1) is 20.3. The number of benzene rings is 3. The number of amides is 4. The number of para-hydroxylation sites is 2. The molecule has 7 rings (SSSR count). The molecule has 0 spiro atoms. The predicted molar refractivity (Wildman–Crippen MR) is 158 cm³/mol. The average Bonchev–Trinajstić information content (AvgIpc) is 3.41. The number of halogens is 1. The van der Waals surface area contributed by atoms with Crippen LogP contribution < -0.4 is 14.5 Å². The van der Waals surface area contributed by atoms with Crippen LogP contribution in [-0.4, -0.2) is 35.8 Å². The molecule has 1 N–H and O–H groups in total. The Morgan fingerprint density at radius 1 is 0.762 bits per heavy atom. The Morgan fingerprint density at radius 2 is 1.33 bits per heavy atom. The number of imide groups is 2. The van der Waals surface area contributed by atoms with Crippen LogP contribution in [0.3, 0.4) is 0 Å². The van der Waals surface area contributed by atoms with Gasteiger partial charge in [0.15, 0.2) is 11.5 Å². The summed E-state index contributed by atoms with van der Waals surface area (Å²) in [5.74, 6) is -5.04. The molecule has 3 aromatic carbocycles. The van der Waals surface area contributed by atoms with E-state index in [1.54, 1.807) is 60.7 Å². The lowest BCUT2D eigenvalue weighted by molar-refractivity contribution is -0.126. The number of allylic oxidation sites excluding steroid dienone is 2. The molecular weight excluding hydrogens is 600 g/mol. The molecule has 0 radical (unpaired) electrons. The molecule has 42 heavy (non-hydrogen) atoms. The minimum absolute atomic E-state index is 0.119. The van der Waals surface area contributed by atoms with E-state index in [1.807, 2.05) is 18.2 Å². The van der Waals surface area contributed by atoms with Crippen molar-refractivity contribution in [3.8, 4) is 11.5 Å². The van der Waals surface area contributed by atoms with E-state index in [4.69, 9.17) is 4.74 Å². The molecule has 4 amide bonds. The molecule has 212 valence electrons.